The molecule has 0 radical (unpaired) electrons. The van der Waals surface area contributed by atoms with Gasteiger partial charge in [0.25, 0.3) is 0 Å². The van der Waals surface area contributed by atoms with Gasteiger partial charge in [0, 0.05) is 17.4 Å². The lowest BCUT2D eigenvalue weighted by molar-refractivity contribution is 1.32. The van der Waals surface area contributed by atoms with Crippen molar-refractivity contribution in [2.45, 2.75) is 6.92 Å². The summed E-state index contributed by atoms with van der Waals surface area (Å²) in [6.07, 6.45) is 1.76. The van der Waals surface area contributed by atoms with Crippen molar-refractivity contribution in [2.75, 3.05) is 5.73 Å². The number of rotatable bonds is 1. The van der Waals surface area contributed by atoms with Crippen LogP contribution in [0, 0.1) is 6.92 Å². The van der Waals surface area contributed by atoms with Crippen molar-refractivity contribution >= 4 is 16.5 Å². The second-order valence-electron chi connectivity index (χ2n) is 4.45. The van der Waals surface area contributed by atoms with Crippen molar-refractivity contribution in [1.82, 2.24) is 4.98 Å². The molecule has 0 amide bonds. The van der Waals surface area contributed by atoms with E-state index in [0.29, 0.717) is 0 Å². The Morgan fingerprint density at radius 2 is 1.83 bits per heavy atom. The maximum Gasteiger partial charge on any atom is 0.0731 e. The van der Waals surface area contributed by atoms with Gasteiger partial charge in [0.1, 0.15) is 0 Å². The molecule has 0 saturated carbocycles. The molecule has 0 atom stereocenters. The van der Waals surface area contributed by atoms with E-state index in [1.807, 2.05) is 18.2 Å². The van der Waals surface area contributed by atoms with E-state index in [0.717, 1.165) is 11.4 Å². The zero-order valence-electron chi connectivity index (χ0n) is 10.2. The molecule has 0 aliphatic rings. The van der Waals surface area contributed by atoms with Crippen LogP contribution in [0.2, 0.25) is 0 Å². The van der Waals surface area contributed by atoms with Crippen molar-refractivity contribution in [3.63, 3.8) is 0 Å². The van der Waals surface area contributed by atoms with Gasteiger partial charge in [-0.2, -0.15) is 0 Å². The highest BCUT2D eigenvalue weighted by atomic mass is 14.7. The van der Waals surface area contributed by atoms with E-state index >= 15 is 0 Å². The van der Waals surface area contributed by atoms with Crippen LogP contribution in [-0.4, -0.2) is 4.98 Å². The molecule has 88 valence electrons. The number of fused-ring (bicyclic) bond motifs is 1. The molecule has 0 aliphatic carbocycles. The summed E-state index contributed by atoms with van der Waals surface area (Å²) in [5.41, 5.74) is 9.91. The summed E-state index contributed by atoms with van der Waals surface area (Å²) in [5.74, 6) is 0. The molecule has 2 nitrogen and oxygen atoms in total. The zero-order valence-corrected chi connectivity index (χ0v) is 10.2. The fourth-order valence-corrected chi connectivity index (χ4v) is 2.30. The molecule has 1 heterocycles. The van der Waals surface area contributed by atoms with Crippen LogP contribution in [0.5, 0.6) is 0 Å². The lowest BCUT2D eigenvalue weighted by Gasteiger charge is -2.10. The molecule has 0 saturated heterocycles. The quantitative estimate of drug-likeness (QED) is 0.695. The standard InChI is InChI=1S/C16H14N2/c1-11-6-7-12-4-2-3-5-14(12)16(11)15-10-13(17)8-9-18-15/h2-10H,1H3,(H2,17,18). The van der Waals surface area contributed by atoms with Crippen LogP contribution in [-0.2, 0) is 0 Å². The Balaban J connectivity index is 2.37. The molecule has 3 rings (SSSR count). The molecule has 0 bridgehead atoms. The molecule has 0 fully saturated rings. The zero-order chi connectivity index (χ0) is 12.5. The lowest BCUT2D eigenvalue weighted by atomic mass is 9.97. The van der Waals surface area contributed by atoms with Crippen molar-refractivity contribution in [2.24, 2.45) is 0 Å². The predicted octanol–water partition coefficient (Wildman–Crippen LogP) is 3.79. The second kappa shape index (κ2) is 4.15. The Kier molecular flexibility index (Phi) is 2.49. The van der Waals surface area contributed by atoms with Gasteiger partial charge in [-0.3, -0.25) is 4.98 Å². The SMILES string of the molecule is Cc1ccc2ccccc2c1-c1cc(N)ccn1. The number of anilines is 1. The van der Waals surface area contributed by atoms with Crippen LogP contribution >= 0.6 is 0 Å². The van der Waals surface area contributed by atoms with Crippen LogP contribution in [0.25, 0.3) is 22.0 Å². The fraction of sp³-hybridized carbons (Fsp3) is 0.0625. The summed E-state index contributed by atoms with van der Waals surface area (Å²) < 4.78 is 0. The third-order valence-electron chi connectivity index (χ3n) is 3.18. The first-order valence-corrected chi connectivity index (χ1v) is 5.96. The Morgan fingerprint density at radius 1 is 1.00 bits per heavy atom. The highest BCUT2D eigenvalue weighted by Crippen LogP contribution is 2.31. The average molecular weight is 234 g/mol. The number of nitrogens with zero attached hydrogens (tertiary/aromatic N) is 1. The highest BCUT2D eigenvalue weighted by molar-refractivity contribution is 5.97. The van der Waals surface area contributed by atoms with E-state index < -0.39 is 0 Å². The van der Waals surface area contributed by atoms with Gasteiger partial charge in [-0.05, 0) is 35.4 Å². The summed E-state index contributed by atoms with van der Waals surface area (Å²) in [4.78, 5) is 4.44. The first-order chi connectivity index (χ1) is 8.75. The van der Waals surface area contributed by atoms with Crippen molar-refractivity contribution in [1.29, 1.82) is 0 Å². The molecule has 0 unspecified atom stereocenters. The average Bonchev–Trinajstić information content (AvgIpc) is 2.38. The maximum absolute atomic E-state index is 5.85. The van der Waals surface area contributed by atoms with Gasteiger partial charge in [-0.15, -0.1) is 0 Å². The van der Waals surface area contributed by atoms with Crippen molar-refractivity contribution in [3.8, 4) is 11.3 Å². The van der Waals surface area contributed by atoms with Gasteiger partial charge in [-0.1, -0.05) is 36.4 Å². The van der Waals surface area contributed by atoms with E-state index in [2.05, 4.69) is 42.2 Å². The summed E-state index contributed by atoms with van der Waals surface area (Å²) in [7, 11) is 0. The van der Waals surface area contributed by atoms with E-state index in [-0.39, 0.29) is 0 Å². The topological polar surface area (TPSA) is 38.9 Å². The number of aromatic nitrogens is 1. The molecular formula is C16H14N2. The van der Waals surface area contributed by atoms with Crippen LogP contribution < -0.4 is 5.73 Å². The van der Waals surface area contributed by atoms with Gasteiger partial charge >= 0.3 is 0 Å². The minimum atomic E-state index is 0.743. The molecule has 18 heavy (non-hydrogen) atoms. The number of nitrogens with two attached hydrogens (primary N) is 1. The van der Waals surface area contributed by atoms with Crippen molar-refractivity contribution in [3.05, 3.63) is 60.3 Å². The normalized spacial score (nSPS) is 10.7. The highest BCUT2D eigenvalue weighted by Gasteiger charge is 2.08. The van der Waals surface area contributed by atoms with Crippen LogP contribution in [0.4, 0.5) is 5.69 Å². The molecule has 2 aromatic carbocycles. The molecule has 0 aliphatic heterocycles. The van der Waals surface area contributed by atoms with E-state index in [4.69, 9.17) is 5.73 Å². The number of hydrogen-bond donors (Lipinski definition) is 1. The van der Waals surface area contributed by atoms with Crippen LogP contribution in [0.3, 0.4) is 0 Å². The third-order valence-corrected chi connectivity index (χ3v) is 3.18. The van der Waals surface area contributed by atoms with E-state index in [1.54, 1.807) is 6.20 Å². The van der Waals surface area contributed by atoms with Crippen molar-refractivity contribution < 1.29 is 0 Å². The molecule has 2 N–H and O–H groups in total. The Labute approximate surface area is 106 Å². The van der Waals surface area contributed by atoms with Gasteiger partial charge in [-0.25, -0.2) is 0 Å². The van der Waals surface area contributed by atoms with Gasteiger partial charge in [0.15, 0.2) is 0 Å². The van der Waals surface area contributed by atoms with Gasteiger partial charge < -0.3 is 5.73 Å². The van der Waals surface area contributed by atoms with E-state index in [1.165, 1.54) is 21.9 Å². The molecule has 3 aromatic rings. The number of pyridine rings is 1. The Bertz CT molecular complexity index is 717. The van der Waals surface area contributed by atoms with Crippen LogP contribution in [0.15, 0.2) is 54.7 Å². The summed E-state index contributed by atoms with van der Waals surface area (Å²) in [6, 6.07) is 16.3. The molecular weight excluding hydrogens is 220 g/mol. The van der Waals surface area contributed by atoms with E-state index in [9.17, 15) is 0 Å². The predicted molar refractivity (Wildman–Crippen MR) is 76.3 cm³/mol. The summed E-state index contributed by atoms with van der Waals surface area (Å²) in [6.45, 7) is 2.10. The number of aryl methyl sites for hydroxylation is 1. The fourth-order valence-electron chi connectivity index (χ4n) is 2.30. The Morgan fingerprint density at radius 3 is 2.67 bits per heavy atom. The maximum atomic E-state index is 5.85. The first-order valence-electron chi connectivity index (χ1n) is 5.96. The summed E-state index contributed by atoms with van der Waals surface area (Å²) in [5, 5.41) is 2.44. The molecule has 1 aromatic heterocycles. The smallest absolute Gasteiger partial charge is 0.0731 e. The van der Waals surface area contributed by atoms with Gasteiger partial charge in [0.2, 0.25) is 0 Å². The summed E-state index contributed by atoms with van der Waals surface area (Å²) >= 11 is 0. The second-order valence-corrected chi connectivity index (χ2v) is 4.45. The number of hydrogen-bond acceptors (Lipinski definition) is 2. The van der Waals surface area contributed by atoms with Crippen LogP contribution in [0.1, 0.15) is 5.56 Å². The largest absolute Gasteiger partial charge is 0.399 e. The minimum absolute atomic E-state index is 0.743. The number of nitrogen functional groups attached to an aromatic ring is 1. The molecule has 0 spiro atoms. The monoisotopic (exact) mass is 234 g/mol. The lowest BCUT2D eigenvalue weighted by Crippen LogP contribution is -1.91. The minimum Gasteiger partial charge on any atom is -0.399 e. The first kappa shape index (κ1) is 10.8. The molecule has 2 heteroatoms. The Hall–Kier alpha value is -2.35. The van der Waals surface area contributed by atoms with Gasteiger partial charge in [0.05, 0.1) is 5.69 Å². The third kappa shape index (κ3) is 1.72. The number of benzene rings is 2.